The quantitative estimate of drug-likeness (QED) is 0.484. The van der Waals surface area contributed by atoms with Crippen LogP contribution in [0.15, 0.2) is 15.7 Å². The first-order valence-corrected chi connectivity index (χ1v) is 3.44. The number of halogens is 3. The SMILES string of the molecule is FC1=NC(CCl)=C(Cl)[CH]N1. The third-order valence-electron chi connectivity index (χ3n) is 0.953. The summed E-state index contributed by atoms with van der Waals surface area (Å²) in [6, 6.07) is 0. The Morgan fingerprint density at radius 1 is 1.70 bits per heavy atom. The highest BCUT2D eigenvalue weighted by Gasteiger charge is 2.11. The summed E-state index contributed by atoms with van der Waals surface area (Å²) < 4.78 is 12.3. The molecule has 0 aromatic carbocycles. The number of allylic oxidation sites excluding steroid dienone is 1. The molecule has 0 saturated carbocycles. The number of nitrogens with one attached hydrogen (secondary N) is 1. The third-order valence-corrected chi connectivity index (χ3v) is 1.53. The molecule has 0 atom stereocenters. The van der Waals surface area contributed by atoms with Gasteiger partial charge in [0.25, 0.3) is 6.09 Å². The van der Waals surface area contributed by atoms with E-state index >= 15 is 0 Å². The van der Waals surface area contributed by atoms with Crippen molar-refractivity contribution in [2.45, 2.75) is 0 Å². The average molecular weight is 182 g/mol. The van der Waals surface area contributed by atoms with E-state index < -0.39 is 6.09 Å². The first-order valence-electron chi connectivity index (χ1n) is 2.52. The molecule has 0 unspecified atom stereocenters. The normalized spacial score (nSPS) is 18.5. The van der Waals surface area contributed by atoms with Crippen molar-refractivity contribution in [3.8, 4) is 0 Å². The lowest BCUT2D eigenvalue weighted by Crippen LogP contribution is -2.20. The molecule has 2 nitrogen and oxygen atoms in total. The highest BCUT2D eigenvalue weighted by atomic mass is 35.5. The lowest BCUT2D eigenvalue weighted by atomic mass is 10.4. The Morgan fingerprint density at radius 2 is 2.40 bits per heavy atom. The van der Waals surface area contributed by atoms with E-state index in [1.165, 1.54) is 6.54 Å². The molecule has 1 aliphatic heterocycles. The van der Waals surface area contributed by atoms with E-state index in [1.54, 1.807) is 0 Å². The van der Waals surface area contributed by atoms with Gasteiger partial charge in [0.15, 0.2) is 0 Å². The Hall–Kier alpha value is -0.280. The fourth-order valence-corrected chi connectivity index (χ4v) is 0.940. The van der Waals surface area contributed by atoms with Gasteiger partial charge in [0.05, 0.1) is 23.2 Å². The number of hydrogen-bond donors (Lipinski definition) is 1. The van der Waals surface area contributed by atoms with Crippen molar-refractivity contribution in [2.75, 3.05) is 5.88 Å². The monoisotopic (exact) mass is 181 g/mol. The van der Waals surface area contributed by atoms with Gasteiger partial charge in [0.1, 0.15) is 0 Å². The van der Waals surface area contributed by atoms with Crippen LogP contribution in [0.5, 0.6) is 0 Å². The maximum atomic E-state index is 12.3. The molecular formula is C5H4Cl2FN2. The molecule has 1 aliphatic rings. The zero-order valence-electron chi connectivity index (χ0n) is 4.87. The minimum absolute atomic E-state index is 0.116. The van der Waals surface area contributed by atoms with Crippen LogP contribution in [-0.2, 0) is 0 Å². The van der Waals surface area contributed by atoms with Gasteiger partial charge in [-0.25, -0.2) is 4.99 Å². The van der Waals surface area contributed by atoms with Crippen molar-refractivity contribution in [1.82, 2.24) is 5.32 Å². The fourth-order valence-electron chi connectivity index (χ4n) is 0.504. The number of nitrogens with zero attached hydrogens (tertiary/aromatic N) is 1. The van der Waals surface area contributed by atoms with Gasteiger partial charge >= 0.3 is 0 Å². The molecule has 0 saturated heterocycles. The Balaban J connectivity index is 2.82. The number of alkyl halides is 1. The van der Waals surface area contributed by atoms with Gasteiger partial charge in [0.2, 0.25) is 0 Å². The van der Waals surface area contributed by atoms with Crippen molar-refractivity contribution < 1.29 is 4.39 Å². The van der Waals surface area contributed by atoms with E-state index in [9.17, 15) is 4.39 Å². The van der Waals surface area contributed by atoms with Crippen molar-refractivity contribution in [3.05, 3.63) is 17.3 Å². The molecule has 0 aromatic rings. The van der Waals surface area contributed by atoms with Crippen LogP contribution in [0.3, 0.4) is 0 Å². The van der Waals surface area contributed by atoms with Gasteiger partial charge in [-0.05, 0) is 0 Å². The summed E-state index contributed by atoms with van der Waals surface area (Å²) in [4.78, 5) is 3.41. The molecule has 1 rings (SSSR count). The molecule has 1 N–H and O–H groups in total. The lowest BCUT2D eigenvalue weighted by molar-refractivity contribution is 0.740. The minimum atomic E-state index is -0.681. The smallest absolute Gasteiger partial charge is 0.283 e. The van der Waals surface area contributed by atoms with Crippen LogP contribution in [0.2, 0.25) is 0 Å². The van der Waals surface area contributed by atoms with E-state index in [4.69, 9.17) is 23.2 Å². The Labute approximate surface area is 67.7 Å². The van der Waals surface area contributed by atoms with Gasteiger partial charge < -0.3 is 5.32 Å². The maximum absolute atomic E-state index is 12.3. The highest BCUT2D eigenvalue weighted by Crippen LogP contribution is 2.17. The van der Waals surface area contributed by atoms with Gasteiger partial charge in [-0.2, -0.15) is 4.39 Å². The molecule has 0 aromatic heterocycles. The van der Waals surface area contributed by atoms with Crippen LogP contribution >= 0.6 is 23.2 Å². The number of rotatable bonds is 1. The van der Waals surface area contributed by atoms with Crippen LogP contribution in [-0.4, -0.2) is 12.0 Å². The summed E-state index contributed by atoms with van der Waals surface area (Å²) >= 11 is 10.9. The zero-order valence-corrected chi connectivity index (χ0v) is 6.38. The van der Waals surface area contributed by atoms with Gasteiger partial charge in [-0.3, -0.25) is 0 Å². The van der Waals surface area contributed by atoms with E-state index in [-0.39, 0.29) is 5.88 Å². The maximum Gasteiger partial charge on any atom is 0.283 e. The minimum Gasteiger partial charge on any atom is -0.336 e. The Kier molecular flexibility index (Phi) is 2.51. The van der Waals surface area contributed by atoms with Crippen molar-refractivity contribution in [2.24, 2.45) is 4.99 Å². The van der Waals surface area contributed by atoms with E-state index in [1.807, 2.05) is 0 Å². The number of aliphatic imine (C=N–C) groups is 1. The average Bonchev–Trinajstić information content (AvgIpc) is 1.94. The summed E-state index contributed by atoms with van der Waals surface area (Å²) in [5, 5.41) is 2.55. The van der Waals surface area contributed by atoms with E-state index in [2.05, 4.69) is 10.3 Å². The molecule has 0 bridgehead atoms. The molecule has 1 heterocycles. The van der Waals surface area contributed by atoms with E-state index in [0.717, 1.165) is 0 Å². The summed E-state index contributed by atoms with van der Waals surface area (Å²) in [5.41, 5.74) is 0.347. The second kappa shape index (κ2) is 3.21. The molecule has 1 radical (unpaired) electrons. The number of amidine groups is 1. The zero-order chi connectivity index (χ0) is 7.56. The van der Waals surface area contributed by atoms with Crippen LogP contribution in [0, 0.1) is 6.54 Å². The van der Waals surface area contributed by atoms with Crippen LogP contribution in [0.4, 0.5) is 4.39 Å². The lowest BCUT2D eigenvalue weighted by Gasteiger charge is -2.09. The van der Waals surface area contributed by atoms with Crippen LogP contribution in [0.1, 0.15) is 0 Å². The van der Waals surface area contributed by atoms with Crippen LogP contribution in [0.25, 0.3) is 0 Å². The molecule has 0 aliphatic carbocycles. The molecule has 0 spiro atoms. The molecule has 0 fully saturated rings. The van der Waals surface area contributed by atoms with Gasteiger partial charge in [-0.15, -0.1) is 11.6 Å². The summed E-state index contributed by atoms with van der Waals surface area (Å²) in [6.45, 7) is 1.31. The Morgan fingerprint density at radius 3 is 2.90 bits per heavy atom. The number of hydrogen-bond acceptors (Lipinski definition) is 2. The second-order valence-electron chi connectivity index (χ2n) is 1.62. The van der Waals surface area contributed by atoms with Gasteiger partial charge in [0, 0.05) is 0 Å². The topological polar surface area (TPSA) is 24.4 Å². The molecule has 5 heteroatoms. The molecular weight excluding hydrogens is 178 g/mol. The summed E-state index contributed by atoms with van der Waals surface area (Å²) in [6.07, 6.45) is -0.681. The van der Waals surface area contributed by atoms with Crippen molar-refractivity contribution in [3.63, 3.8) is 0 Å². The van der Waals surface area contributed by atoms with Crippen molar-refractivity contribution >= 4 is 29.3 Å². The standard InChI is InChI=1S/C5H4Cl2FN2/c6-1-4-3(7)2-9-5(8)10-4/h2H,1H2,(H,9,10). The first-order chi connectivity index (χ1) is 4.74. The second-order valence-corrected chi connectivity index (χ2v) is 2.29. The largest absolute Gasteiger partial charge is 0.336 e. The predicted octanol–water partition coefficient (Wildman–Crippen LogP) is 1.77. The molecule has 10 heavy (non-hydrogen) atoms. The fraction of sp³-hybridized carbons (Fsp3) is 0.200. The van der Waals surface area contributed by atoms with Crippen molar-refractivity contribution in [1.29, 1.82) is 0 Å². The van der Waals surface area contributed by atoms with E-state index in [0.29, 0.717) is 10.7 Å². The predicted molar refractivity (Wildman–Crippen MR) is 39.6 cm³/mol. The molecule has 0 amide bonds. The first kappa shape index (κ1) is 7.82. The molecule has 55 valence electrons. The summed E-state index contributed by atoms with van der Waals surface area (Å²) in [5.74, 6) is 0.116. The third kappa shape index (κ3) is 1.61. The Bertz CT molecular complexity index is 200. The summed E-state index contributed by atoms with van der Waals surface area (Å²) in [7, 11) is 0. The van der Waals surface area contributed by atoms with Crippen LogP contribution < -0.4 is 5.32 Å². The highest BCUT2D eigenvalue weighted by molar-refractivity contribution is 6.32. The van der Waals surface area contributed by atoms with Gasteiger partial charge in [-0.1, -0.05) is 11.6 Å².